The summed E-state index contributed by atoms with van der Waals surface area (Å²) >= 11 is 1.77. The van der Waals surface area contributed by atoms with Crippen molar-refractivity contribution in [3.8, 4) is 0 Å². The smallest absolute Gasteiger partial charge is 0.253 e. The zero-order valence-corrected chi connectivity index (χ0v) is 15.0. The highest BCUT2D eigenvalue weighted by molar-refractivity contribution is 7.98. The molecule has 0 bridgehead atoms. The van der Waals surface area contributed by atoms with Crippen molar-refractivity contribution >= 4 is 17.7 Å². The number of aromatic nitrogens is 1. The topological polar surface area (TPSA) is 33.2 Å². The number of amides is 1. The highest BCUT2D eigenvalue weighted by Gasteiger charge is 2.19. The molecule has 2 aromatic rings. The summed E-state index contributed by atoms with van der Waals surface area (Å²) in [5, 5.41) is 0. The van der Waals surface area contributed by atoms with E-state index in [1.807, 2.05) is 29.3 Å². The van der Waals surface area contributed by atoms with Gasteiger partial charge in [-0.25, -0.2) is 0 Å². The number of thioether (sulfide) groups is 1. The molecule has 0 N–H and O–H groups in total. The van der Waals surface area contributed by atoms with Crippen molar-refractivity contribution in [3.63, 3.8) is 0 Å². The van der Waals surface area contributed by atoms with E-state index in [2.05, 4.69) is 30.1 Å². The van der Waals surface area contributed by atoms with Gasteiger partial charge in [-0.15, -0.1) is 11.8 Å². The van der Waals surface area contributed by atoms with Gasteiger partial charge >= 0.3 is 0 Å². The molecule has 0 spiro atoms. The Morgan fingerprint density at radius 3 is 2.79 bits per heavy atom. The Labute approximate surface area is 148 Å². The fraction of sp³-hybridized carbons (Fsp3) is 0.400. The lowest BCUT2D eigenvalue weighted by atomic mass is 10.0. The van der Waals surface area contributed by atoms with E-state index >= 15 is 0 Å². The first-order valence-corrected chi connectivity index (χ1v) is 9.62. The summed E-state index contributed by atoms with van der Waals surface area (Å²) in [6.07, 6.45) is 7.15. The van der Waals surface area contributed by atoms with E-state index in [9.17, 15) is 4.79 Å². The van der Waals surface area contributed by atoms with Crippen LogP contribution in [0.1, 0.15) is 42.1 Å². The fourth-order valence-corrected chi connectivity index (χ4v) is 3.83. The van der Waals surface area contributed by atoms with Crippen LogP contribution in [0.3, 0.4) is 0 Å². The second kappa shape index (κ2) is 8.34. The van der Waals surface area contributed by atoms with Crippen molar-refractivity contribution in [2.45, 2.75) is 36.8 Å². The number of rotatable bonds is 4. The van der Waals surface area contributed by atoms with Crippen molar-refractivity contribution < 1.29 is 4.79 Å². The zero-order valence-electron chi connectivity index (χ0n) is 14.1. The Morgan fingerprint density at radius 1 is 1.21 bits per heavy atom. The third kappa shape index (κ3) is 4.60. The Balaban J connectivity index is 1.58. The first-order valence-electron chi connectivity index (χ1n) is 8.63. The van der Waals surface area contributed by atoms with Crippen LogP contribution in [-0.2, 0) is 5.75 Å². The van der Waals surface area contributed by atoms with Crippen LogP contribution in [0, 0.1) is 5.92 Å². The molecule has 3 rings (SSSR count). The van der Waals surface area contributed by atoms with Crippen LogP contribution in [-0.4, -0.2) is 28.9 Å². The van der Waals surface area contributed by atoms with Gasteiger partial charge in [0.2, 0.25) is 0 Å². The molecule has 1 aromatic heterocycles. The second-order valence-corrected chi connectivity index (χ2v) is 7.55. The average molecular weight is 340 g/mol. The number of benzene rings is 1. The van der Waals surface area contributed by atoms with E-state index in [4.69, 9.17) is 0 Å². The Bertz CT molecular complexity index is 657. The molecule has 1 saturated heterocycles. The van der Waals surface area contributed by atoms with Gasteiger partial charge in [-0.3, -0.25) is 9.78 Å². The quantitative estimate of drug-likeness (QED) is 0.761. The van der Waals surface area contributed by atoms with Crippen LogP contribution in [0.2, 0.25) is 0 Å². The third-order valence-electron chi connectivity index (χ3n) is 4.53. The summed E-state index contributed by atoms with van der Waals surface area (Å²) in [5.41, 5.74) is 2.01. The summed E-state index contributed by atoms with van der Waals surface area (Å²) in [4.78, 5) is 20.0. The lowest BCUT2D eigenvalue weighted by Crippen LogP contribution is -2.31. The third-order valence-corrected chi connectivity index (χ3v) is 5.62. The molecular weight excluding hydrogens is 316 g/mol. The van der Waals surface area contributed by atoms with Crippen molar-refractivity contribution in [1.82, 2.24) is 9.88 Å². The Morgan fingerprint density at radius 2 is 2.04 bits per heavy atom. The Kier molecular flexibility index (Phi) is 5.91. The minimum absolute atomic E-state index is 0.174. The van der Waals surface area contributed by atoms with E-state index in [1.54, 1.807) is 18.0 Å². The lowest BCUT2D eigenvalue weighted by Gasteiger charge is -2.20. The highest BCUT2D eigenvalue weighted by atomic mass is 32.2. The van der Waals surface area contributed by atoms with E-state index in [0.29, 0.717) is 0 Å². The van der Waals surface area contributed by atoms with Gasteiger partial charge in [-0.1, -0.05) is 13.0 Å². The van der Waals surface area contributed by atoms with Gasteiger partial charge in [0.1, 0.15) is 0 Å². The van der Waals surface area contributed by atoms with E-state index < -0.39 is 0 Å². The first kappa shape index (κ1) is 17.0. The molecule has 1 aliphatic heterocycles. The van der Waals surface area contributed by atoms with Gasteiger partial charge in [0, 0.05) is 41.7 Å². The van der Waals surface area contributed by atoms with Crippen LogP contribution in [0.5, 0.6) is 0 Å². The fourth-order valence-electron chi connectivity index (χ4n) is 2.99. The highest BCUT2D eigenvalue weighted by Crippen LogP contribution is 2.24. The molecule has 1 amide bonds. The Hall–Kier alpha value is -1.81. The van der Waals surface area contributed by atoms with Crippen LogP contribution >= 0.6 is 11.8 Å². The standard InChI is InChI=1S/C20H24N2OS/c1-16-4-3-12-22(13-10-16)20(23)18-6-8-19(9-7-18)24-15-17-5-2-11-21-14-17/h2,5-9,11,14,16H,3-4,10,12-13,15H2,1H3/t16-/m0/s1. The normalized spacial score (nSPS) is 18.2. The predicted octanol–water partition coefficient (Wildman–Crippen LogP) is 4.64. The molecule has 0 aliphatic carbocycles. The summed E-state index contributed by atoms with van der Waals surface area (Å²) in [5.74, 6) is 1.80. The molecule has 24 heavy (non-hydrogen) atoms. The van der Waals surface area contributed by atoms with E-state index in [-0.39, 0.29) is 5.91 Å². The molecule has 3 nitrogen and oxygen atoms in total. The maximum Gasteiger partial charge on any atom is 0.253 e. The number of likely N-dealkylation sites (tertiary alicyclic amines) is 1. The maximum atomic E-state index is 12.7. The van der Waals surface area contributed by atoms with Gasteiger partial charge in [-0.05, 0) is 61.1 Å². The van der Waals surface area contributed by atoms with Crippen molar-refractivity contribution in [3.05, 3.63) is 59.9 Å². The van der Waals surface area contributed by atoms with Crippen LogP contribution in [0.4, 0.5) is 0 Å². The number of nitrogens with zero attached hydrogens (tertiary/aromatic N) is 2. The molecule has 0 saturated carbocycles. The largest absolute Gasteiger partial charge is 0.339 e. The summed E-state index contributed by atoms with van der Waals surface area (Å²) < 4.78 is 0. The van der Waals surface area contributed by atoms with Crippen LogP contribution in [0.15, 0.2) is 53.7 Å². The molecule has 1 fully saturated rings. The molecule has 1 aromatic carbocycles. The molecule has 4 heteroatoms. The van der Waals surface area contributed by atoms with Gasteiger partial charge in [0.25, 0.3) is 5.91 Å². The zero-order chi connectivity index (χ0) is 16.8. The van der Waals surface area contributed by atoms with E-state index in [1.165, 1.54) is 16.9 Å². The van der Waals surface area contributed by atoms with Crippen LogP contribution in [0.25, 0.3) is 0 Å². The number of carbonyl (C=O) groups is 1. The maximum absolute atomic E-state index is 12.7. The number of pyridine rings is 1. The average Bonchev–Trinajstić information content (AvgIpc) is 2.85. The van der Waals surface area contributed by atoms with Crippen molar-refractivity contribution in [2.24, 2.45) is 5.92 Å². The summed E-state index contributed by atoms with van der Waals surface area (Å²) in [6.45, 7) is 4.06. The van der Waals surface area contributed by atoms with Gasteiger partial charge in [0.05, 0.1) is 0 Å². The van der Waals surface area contributed by atoms with Gasteiger partial charge < -0.3 is 4.90 Å². The monoisotopic (exact) mass is 340 g/mol. The first-order chi connectivity index (χ1) is 11.7. The van der Waals surface area contributed by atoms with E-state index in [0.717, 1.165) is 43.2 Å². The van der Waals surface area contributed by atoms with Gasteiger partial charge in [-0.2, -0.15) is 0 Å². The molecular formula is C20H24N2OS. The minimum Gasteiger partial charge on any atom is -0.339 e. The molecule has 0 unspecified atom stereocenters. The van der Waals surface area contributed by atoms with Gasteiger partial charge in [0.15, 0.2) is 0 Å². The predicted molar refractivity (Wildman–Crippen MR) is 99.2 cm³/mol. The minimum atomic E-state index is 0.174. The molecule has 1 aliphatic rings. The lowest BCUT2D eigenvalue weighted by molar-refractivity contribution is 0.0760. The number of hydrogen-bond acceptors (Lipinski definition) is 3. The number of hydrogen-bond donors (Lipinski definition) is 0. The molecule has 1 atom stereocenters. The SMILES string of the molecule is C[C@H]1CCCN(C(=O)c2ccc(SCc3cccnc3)cc2)CC1. The summed E-state index contributed by atoms with van der Waals surface area (Å²) in [6, 6.07) is 12.1. The number of carbonyl (C=O) groups excluding carboxylic acids is 1. The molecule has 0 radical (unpaired) electrons. The molecule has 2 heterocycles. The molecule has 126 valence electrons. The van der Waals surface area contributed by atoms with Crippen molar-refractivity contribution in [1.29, 1.82) is 0 Å². The van der Waals surface area contributed by atoms with Crippen molar-refractivity contribution in [2.75, 3.05) is 13.1 Å². The summed E-state index contributed by atoms with van der Waals surface area (Å²) in [7, 11) is 0. The van der Waals surface area contributed by atoms with Crippen LogP contribution < -0.4 is 0 Å². The second-order valence-electron chi connectivity index (χ2n) is 6.50.